The van der Waals surface area contributed by atoms with E-state index in [4.69, 9.17) is 0 Å². The third kappa shape index (κ3) is 2.62. The SMILES string of the molecule is CNCc1ccnc(-c2ccc(Br)cn2)n1. The van der Waals surface area contributed by atoms with Crippen molar-refractivity contribution < 1.29 is 0 Å². The summed E-state index contributed by atoms with van der Waals surface area (Å²) in [6.07, 6.45) is 3.49. The van der Waals surface area contributed by atoms with Gasteiger partial charge in [-0.3, -0.25) is 4.98 Å². The maximum absolute atomic E-state index is 4.41. The fraction of sp³-hybridized carbons (Fsp3) is 0.182. The van der Waals surface area contributed by atoms with Gasteiger partial charge in [0.05, 0.1) is 5.69 Å². The first-order valence-electron chi connectivity index (χ1n) is 4.88. The van der Waals surface area contributed by atoms with Gasteiger partial charge < -0.3 is 5.32 Å². The minimum absolute atomic E-state index is 0.653. The number of nitrogens with zero attached hydrogens (tertiary/aromatic N) is 3. The lowest BCUT2D eigenvalue weighted by molar-refractivity contribution is 0.787. The lowest BCUT2D eigenvalue weighted by Crippen LogP contribution is -2.07. The lowest BCUT2D eigenvalue weighted by atomic mass is 10.3. The molecule has 2 heterocycles. The molecular formula is C11H11BrN4. The molecule has 2 rings (SSSR count). The molecule has 1 N–H and O–H groups in total. The minimum atomic E-state index is 0.653. The van der Waals surface area contributed by atoms with Gasteiger partial charge in [0, 0.05) is 23.4 Å². The van der Waals surface area contributed by atoms with Crippen LogP contribution < -0.4 is 5.32 Å². The van der Waals surface area contributed by atoms with Crippen molar-refractivity contribution in [3.8, 4) is 11.5 Å². The molecule has 2 aromatic rings. The zero-order chi connectivity index (χ0) is 11.4. The van der Waals surface area contributed by atoms with Crippen molar-refractivity contribution >= 4 is 15.9 Å². The standard InChI is InChI=1S/C11H11BrN4/c1-13-7-9-4-5-14-11(16-9)10-3-2-8(12)6-15-10/h2-6,13H,7H2,1H3. The van der Waals surface area contributed by atoms with Gasteiger partial charge in [-0.05, 0) is 41.2 Å². The molecule has 0 radical (unpaired) electrons. The average molecular weight is 279 g/mol. The summed E-state index contributed by atoms with van der Waals surface area (Å²) in [4.78, 5) is 12.9. The van der Waals surface area contributed by atoms with Gasteiger partial charge in [-0.2, -0.15) is 0 Å². The molecular weight excluding hydrogens is 268 g/mol. The van der Waals surface area contributed by atoms with Gasteiger partial charge in [-0.25, -0.2) is 9.97 Å². The Labute approximate surface area is 102 Å². The van der Waals surface area contributed by atoms with Crippen molar-refractivity contribution in [2.24, 2.45) is 0 Å². The Balaban J connectivity index is 2.32. The molecule has 0 fully saturated rings. The maximum atomic E-state index is 4.41. The van der Waals surface area contributed by atoms with Gasteiger partial charge >= 0.3 is 0 Å². The summed E-state index contributed by atoms with van der Waals surface area (Å²) in [7, 11) is 1.89. The highest BCUT2D eigenvalue weighted by atomic mass is 79.9. The first-order valence-corrected chi connectivity index (χ1v) is 5.67. The number of pyridine rings is 1. The summed E-state index contributed by atoms with van der Waals surface area (Å²) in [6.45, 7) is 0.728. The second-order valence-electron chi connectivity index (χ2n) is 3.26. The lowest BCUT2D eigenvalue weighted by Gasteiger charge is -2.02. The first kappa shape index (κ1) is 11.2. The van der Waals surface area contributed by atoms with Crippen molar-refractivity contribution in [3.05, 3.63) is 40.8 Å². The van der Waals surface area contributed by atoms with Crippen molar-refractivity contribution in [3.63, 3.8) is 0 Å². The molecule has 0 atom stereocenters. The van der Waals surface area contributed by atoms with E-state index in [0.29, 0.717) is 5.82 Å². The summed E-state index contributed by atoms with van der Waals surface area (Å²) in [5, 5.41) is 3.05. The largest absolute Gasteiger partial charge is 0.314 e. The van der Waals surface area contributed by atoms with Crippen LogP contribution in [0.2, 0.25) is 0 Å². The molecule has 0 saturated heterocycles. The average Bonchev–Trinajstić information content (AvgIpc) is 2.31. The van der Waals surface area contributed by atoms with Gasteiger partial charge in [0.2, 0.25) is 0 Å². The third-order valence-corrected chi connectivity index (χ3v) is 2.50. The van der Waals surface area contributed by atoms with E-state index in [-0.39, 0.29) is 0 Å². The number of hydrogen-bond acceptors (Lipinski definition) is 4. The van der Waals surface area contributed by atoms with E-state index in [1.165, 1.54) is 0 Å². The maximum Gasteiger partial charge on any atom is 0.178 e. The van der Waals surface area contributed by atoms with Crippen molar-refractivity contribution in [1.82, 2.24) is 20.3 Å². The Morgan fingerprint density at radius 1 is 1.25 bits per heavy atom. The molecule has 0 amide bonds. The van der Waals surface area contributed by atoms with Crippen LogP contribution in [-0.4, -0.2) is 22.0 Å². The zero-order valence-corrected chi connectivity index (χ0v) is 10.4. The molecule has 0 bridgehead atoms. The van der Waals surface area contributed by atoms with Crippen LogP contribution in [0.15, 0.2) is 35.1 Å². The van der Waals surface area contributed by atoms with Crippen LogP contribution in [0.25, 0.3) is 11.5 Å². The predicted molar refractivity (Wildman–Crippen MR) is 65.7 cm³/mol. The number of aromatic nitrogens is 3. The second kappa shape index (κ2) is 5.14. The monoisotopic (exact) mass is 278 g/mol. The smallest absolute Gasteiger partial charge is 0.178 e. The van der Waals surface area contributed by atoms with E-state index in [2.05, 4.69) is 36.2 Å². The molecule has 0 spiro atoms. The molecule has 0 aliphatic heterocycles. The highest BCUT2D eigenvalue weighted by molar-refractivity contribution is 9.10. The fourth-order valence-electron chi connectivity index (χ4n) is 1.31. The summed E-state index contributed by atoms with van der Waals surface area (Å²) >= 11 is 3.34. The Bertz CT molecular complexity index is 470. The quantitative estimate of drug-likeness (QED) is 0.933. The van der Waals surface area contributed by atoms with Gasteiger partial charge in [0.25, 0.3) is 0 Å². The molecule has 0 unspecified atom stereocenters. The Kier molecular flexibility index (Phi) is 3.58. The highest BCUT2D eigenvalue weighted by Gasteiger charge is 2.03. The molecule has 5 heteroatoms. The van der Waals surface area contributed by atoms with Crippen LogP contribution in [0.5, 0.6) is 0 Å². The van der Waals surface area contributed by atoms with Gasteiger partial charge in [-0.1, -0.05) is 0 Å². The van der Waals surface area contributed by atoms with Gasteiger partial charge in [0.15, 0.2) is 5.82 Å². The van der Waals surface area contributed by atoms with E-state index in [0.717, 1.165) is 22.4 Å². The Morgan fingerprint density at radius 3 is 2.81 bits per heavy atom. The second-order valence-corrected chi connectivity index (χ2v) is 4.18. The zero-order valence-electron chi connectivity index (χ0n) is 8.81. The topological polar surface area (TPSA) is 50.7 Å². The van der Waals surface area contributed by atoms with E-state index in [1.807, 2.05) is 25.2 Å². The predicted octanol–water partition coefficient (Wildman–Crippen LogP) is 2.02. The molecule has 16 heavy (non-hydrogen) atoms. The van der Waals surface area contributed by atoms with E-state index >= 15 is 0 Å². The first-order chi connectivity index (χ1) is 7.79. The number of halogens is 1. The summed E-state index contributed by atoms with van der Waals surface area (Å²) in [5.74, 6) is 0.653. The third-order valence-electron chi connectivity index (χ3n) is 2.03. The van der Waals surface area contributed by atoms with Crippen LogP contribution >= 0.6 is 15.9 Å². The molecule has 4 nitrogen and oxygen atoms in total. The molecule has 0 aliphatic carbocycles. The van der Waals surface area contributed by atoms with E-state index in [1.54, 1.807) is 12.4 Å². The molecule has 0 aliphatic rings. The van der Waals surface area contributed by atoms with Gasteiger partial charge in [-0.15, -0.1) is 0 Å². The van der Waals surface area contributed by atoms with Crippen LogP contribution in [0.3, 0.4) is 0 Å². The van der Waals surface area contributed by atoms with Crippen LogP contribution in [0.1, 0.15) is 5.69 Å². The fourth-order valence-corrected chi connectivity index (χ4v) is 1.54. The number of nitrogens with one attached hydrogen (secondary N) is 1. The van der Waals surface area contributed by atoms with Crippen molar-refractivity contribution in [2.75, 3.05) is 7.05 Å². The van der Waals surface area contributed by atoms with E-state index in [9.17, 15) is 0 Å². The molecule has 0 aromatic carbocycles. The van der Waals surface area contributed by atoms with Crippen LogP contribution in [0.4, 0.5) is 0 Å². The number of hydrogen-bond donors (Lipinski definition) is 1. The summed E-state index contributed by atoms with van der Waals surface area (Å²) < 4.78 is 0.947. The van der Waals surface area contributed by atoms with Gasteiger partial charge in [0.1, 0.15) is 5.69 Å². The number of rotatable bonds is 3. The summed E-state index contributed by atoms with van der Waals surface area (Å²) in [6, 6.07) is 5.71. The normalized spacial score (nSPS) is 10.4. The molecule has 2 aromatic heterocycles. The molecule has 0 saturated carbocycles. The Morgan fingerprint density at radius 2 is 2.12 bits per heavy atom. The van der Waals surface area contributed by atoms with Crippen LogP contribution in [0, 0.1) is 0 Å². The van der Waals surface area contributed by atoms with Crippen molar-refractivity contribution in [2.45, 2.75) is 6.54 Å². The van der Waals surface area contributed by atoms with Crippen molar-refractivity contribution in [1.29, 1.82) is 0 Å². The summed E-state index contributed by atoms with van der Waals surface area (Å²) in [5.41, 5.74) is 1.73. The van der Waals surface area contributed by atoms with Crippen LogP contribution in [-0.2, 0) is 6.54 Å². The minimum Gasteiger partial charge on any atom is -0.314 e. The Hall–Kier alpha value is -1.33. The van der Waals surface area contributed by atoms with E-state index < -0.39 is 0 Å². The highest BCUT2D eigenvalue weighted by Crippen LogP contribution is 2.14. The molecule has 82 valence electrons.